The van der Waals surface area contributed by atoms with Gasteiger partial charge in [0.15, 0.2) is 5.13 Å². The fourth-order valence-corrected chi connectivity index (χ4v) is 4.29. The molecule has 2 aromatic carbocycles. The normalized spacial score (nSPS) is 14.4. The number of nitrogens with zero attached hydrogens (tertiary/aromatic N) is 3. The lowest BCUT2D eigenvalue weighted by atomic mass is 10.1. The summed E-state index contributed by atoms with van der Waals surface area (Å²) >= 11 is 1.44. The van der Waals surface area contributed by atoms with Crippen molar-refractivity contribution in [2.75, 3.05) is 38.2 Å². The van der Waals surface area contributed by atoms with E-state index in [0.29, 0.717) is 31.7 Å². The maximum Gasteiger partial charge on any atom is 0.338 e. The first-order valence-electron chi connectivity index (χ1n) is 8.84. The molecule has 1 fully saturated rings. The van der Waals surface area contributed by atoms with Crippen molar-refractivity contribution in [1.82, 2.24) is 9.88 Å². The molecule has 0 unspecified atom stereocenters. The number of anilines is 1. The van der Waals surface area contributed by atoms with Crippen LogP contribution in [0.3, 0.4) is 0 Å². The fraction of sp³-hybridized carbons (Fsp3) is 0.250. The van der Waals surface area contributed by atoms with Crippen molar-refractivity contribution in [3.05, 3.63) is 59.4 Å². The van der Waals surface area contributed by atoms with Gasteiger partial charge in [-0.3, -0.25) is 4.79 Å². The van der Waals surface area contributed by atoms with Crippen molar-refractivity contribution in [2.45, 2.75) is 0 Å². The Morgan fingerprint density at radius 1 is 1.07 bits per heavy atom. The molecule has 8 heteroatoms. The summed E-state index contributed by atoms with van der Waals surface area (Å²) in [6.07, 6.45) is 0. The highest BCUT2D eigenvalue weighted by atomic mass is 32.1. The van der Waals surface area contributed by atoms with Gasteiger partial charge in [-0.2, -0.15) is 0 Å². The minimum Gasteiger partial charge on any atom is -0.465 e. The topological polar surface area (TPSA) is 62.7 Å². The lowest BCUT2D eigenvalue weighted by Gasteiger charge is -2.34. The summed E-state index contributed by atoms with van der Waals surface area (Å²) in [5, 5.41) is 0.822. The van der Waals surface area contributed by atoms with Crippen molar-refractivity contribution in [3.8, 4) is 0 Å². The number of piperazine rings is 1. The molecule has 0 spiro atoms. The van der Waals surface area contributed by atoms with Crippen LogP contribution in [-0.4, -0.2) is 55.0 Å². The zero-order chi connectivity index (χ0) is 19.7. The molecule has 1 amide bonds. The number of methoxy groups -OCH3 is 1. The van der Waals surface area contributed by atoms with E-state index in [1.165, 1.54) is 30.6 Å². The van der Waals surface area contributed by atoms with E-state index >= 15 is 0 Å². The van der Waals surface area contributed by atoms with E-state index < -0.39 is 5.97 Å². The van der Waals surface area contributed by atoms with Gasteiger partial charge in [0.25, 0.3) is 5.91 Å². The standard InChI is InChI=1S/C20H18FN3O3S/c1-27-19(26)15-5-3-2-4-14(15)18(25)23-8-10-24(11-9-23)20-22-16-7-6-13(21)12-17(16)28-20/h2-7,12H,8-11H2,1H3. The number of hydrogen-bond acceptors (Lipinski definition) is 6. The quantitative estimate of drug-likeness (QED) is 0.633. The lowest BCUT2D eigenvalue weighted by molar-refractivity contribution is 0.0589. The van der Waals surface area contributed by atoms with Crippen LogP contribution >= 0.6 is 11.3 Å². The molecular formula is C20H18FN3O3S. The average Bonchev–Trinajstić information content (AvgIpc) is 3.16. The van der Waals surface area contributed by atoms with Gasteiger partial charge in [0.2, 0.25) is 0 Å². The molecule has 4 rings (SSSR count). The van der Waals surface area contributed by atoms with Gasteiger partial charge in [-0.1, -0.05) is 23.5 Å². The van der Waals surface area contributed by atoms with Crippen molar-refractivity contribution in [3.63, 3.8) is 0 Å². The molecule has 28 heavy (non-hydrogen) atoms. The Balaban J connectivity index is 1.48. The second kappa shape index (κ2) is 7.55. The van der Waals surface area contributed by atoms with E-state index in [1.54, 1.807) is 35.2 Å². The number of halogens is 1. The van der Waals surface area contributed by atoms with Crippen molar-refractivity contribution in [1.29, 1.82) is 0 Å². The van der Waals surface area contributed by atoms with E-state index in [9.17, 15) is 14.0 Å². The second-order valence-corrected chi connectivity index (χ2v) is 7.43. The number of fused-ring (bicyclic) bond motifs is 1. The number of thiazole rings is 1. The molecule has 0 aliphatic carbocycles. The highest BCUT2D eigenvalue weighted by molar-refractivity contribution is 7.22. The summed E-state index contributed by atoms with van der Waals surface area (Å²) in [6, 6.07) is 11.2. The molecule has 0 N–H and O–H groups in total. The van der Waals surface area contributed by atoms with Crippen molar-refractivity contribution >= 4 is 38.6 Å². The van der Waals surface area contributed by atoms with Gasteiger partial charge < -0.3 is 14.5 Å². The molecule has 0 atom stereocenters. The van der Waals surface area contributed by atoms with Crippen LogP contribution < -0.4 is 4.90 Å². The van der Waals surface area contributed by atoms with Crippen LogP contribution in [0.2, 0.25) is 0 Å². The monoisotopic (exact) mass is 399 g/mol. The van der Waals surface area contributed by atoms with E-state index in [1.807, 2.05) is 0 Å². The molecule has 2 heterocycles. The molecule has 1 aliphatic rings. The lowest BCUT2D eigenvalue weighted by Crippen LogP contribution is -2.49. The van der Waals surface area contributed by atoms with Crippen LogP contribution in [0, 0.1) is 5.82 Å². The number of ether oxygens (including phenoxy) is 1. The Morgan fingerprint density at radius 2 is 1.79 bits per heavy atom. The van der Waals surface area contributed by atoms with Crippen molar-refractivity contribution < 1.29 is 18.7 Å². The number of amides is 1. The first-order valence-corrected chi connectivity index (χ1v) is 9.66. The first kappa shape index (κ1) is 18.4. The summed E-state index contributed by atoms with van der Waals surface area (Å²) in [4.78, 5) is 33.2. The maximum atomic E-state index is 13.4. The molecule has 3 aromatic rings. The van der Waals surface area contributed by atoms with Gasteiger partial charge >= 0.3 is 5.97 Å². The molecular weight excluding hydrogens is 381 g/mol. The van der Waals surface area contributed by atoms with Gasteiger partial charge in [-0.25, -0.2) is 14.2 Å². The summed E-state index contributed by atoms with van der Waals surface area (Å²) < 4.78 is 19.0. The number of benzene rings is 2. The third-order valence-electron chi connectivity index (χ3n) is 4.74. The predicted molar refractivity (Wildman–Crippen MR) is 105 cm³/mol. The molecule has 0 bridgehead atoms. The number of esters is 1. The fourth-order valence-electron chi connectivity index (χ4n) is 3.25. The Hall–Kier alpha value is -3.00. The predicted octanol–water partition coefficient (Wildman–Crippen LogP) is 3.18. The average molecular weight is 399 g/mol. The van der Waals surface area contributed by atoms with E-state index in [0.717, 1.165) is 15.3 Å². The van der Waals surface area contributed by atoms with Gasteiger partial charge in [-0.05, 0) is 30.3 Å². The molecule has 0 saturated carbocycles. The summed E-state index contributed by atoms with van der Waals surface area (Å²) in [5.41, 5.74) is 1.39. The highest BCUT2D eigenvalue weighted by Crippen LogP contribution is 2.30. The van der Waals surface area contributed by atoms with Crippen LogP contribution in [-0.2, 0) is 4.74 Å². The number of aromatic nitrogens is 1. The third-order valence-corrected chi connectivity index (χ3v) is 5.82. The smallest absolute Gasteiger partial charge is 0.338 e. The Kier molecular flexibility index (Phi) is 4.95. The van der Waals surface area contributed by atoms with Gasteiger partial charge in [0.05, 0.1) is 28.5 Å². The van der Waals surface area contributed by atoms with Gasteiger partial charge in [-0.15, -0.1) is 0 Å². The third kappa shape index (κ3) is 3.43. The number of hydrogen-bond donors (Lipinski definition) is 0. The van der Waals surface area contributed by atoms with Crippen LogP contribution in [0.1, 0.15) is 20.7 Å². The number of rotatable bonds is 3. The van der Waals surface area contributed by atoms with E-state index in [4.69, 9.17) is 4.74 Å². The first-order chi connectivity index (χ1) is 13.6. The molecule has 1 aliphatic heterocycles. The SMILES string of the molecule is COC(=O)c1ccccc1C(=O)N1CCN(c2nc3ccc(F)cc3s2)CC1. The minimum atomic E-state index is -0.524. The highest BCUT2D eigenvalue weighted by Gasteiger charge is 2.26. The molecule has 6 nitrogen and oxygen atoms in total. The maximum absolute atomic E-state index is 13.4. The molecule has 1 saturated heterocycles. The van der Waals surface area contributed by atoms with Crippen LogP contribution in [0.15, 0.2) is 42.5 Å². The number of carbonyl (C=O) groups excluding carboxylic acids is 2. The zero-order valence-electron chi connectivity index (χ0n) is 15.2. The summed E-state index contributed by atoms with van der Waals surface area (Å²) in [7, 11) is 1.30. The molecule has 1 aromatic heterocycles. The summed E-state index contributed by atoms with van der Waals surface area (Å²) in [5.74, 6) is -0.987. The van der Waals surface area contributed by atoms with Gasteiger partial charge in [0.1, 0.15) is 5.82 Å². The largest absolute Gasteiger partial charge is 0.465 e. The van der Waals surface area contributed by atoms with Crippen LogP contribution in [0.25, 0.3) is 10.2 Å². The second-order valence-electron chi connectivity index (χ2n) is 6.42. The molecule has 0 radical (unpaired) electrons. The Labute approximate surface area is 165 Å². The Morgan fingerprint density at radius 3 is 2.50 bits per heavy atom. The summed E-state index contributed by atoms with van der Waals surface area (Å²) in [6.45, 7) is 2.26. The van der Waals surface area contributed by atoms with Crippen molar-refractivity contribution in [2.24, 2.45) is 0 Å². The zero-order valence-corrected chi connectivity index (χ0v) is 16.0. The van der Waals surface area contributed by atoms with E-state index in [2.05, 4.69) is 9.88 Å². The van der Waals surface area contributed by atoms with Crippen LogP contribution in [0.4, 0.5) is 9.52 Å². The number of carbonyl (C=O) groups is 2. The van der Waals surface area contributed by atoms with Crippen LogP contribution in [0.5, 0.6) is 0 Å². The Bertz CT molecular complexity index is 1040. The minimum absolute atomic E-state index is 0.188. The molecule has 144 valence electrons. The van der Waals surface area contributed by atoms with E-state index in [-0.39, 0.29) is 17.3 Å². The van der Waals surface area contributed by atoms with Gasteiger partial charge in [0, 0.05) is 26.2 Å².